The highest BCUT2D eigenvalue weighted by Crippen LogP contribution is 2.25. The fourth-order valence-corrected chi connectivity index (χ4v) is 1.81. The first-order valence-corrected chi connectivity index (χ1v) is 6.42. The van der Waals surface area contributed by atoms with Gasteiger partial charge < -0.3 is 15.3 Å². The lowest BCUT2D eigenvalue weighted by Gasteiger charge is -2.27. The van der Waals surface area contributed by atoms with Crippen LogP contribution in [0, 0.1) is 5.41 Å². The second kappa shape index (κ2) is 7.76. The van der Waals surface area contributed by atoms with Crippen molar-refractivity contribution in [2.45, 2.75) is 40.0 Å². The second-order valence-electron chi connectivity index (χ2n) is 5.40. The van der Waals surface area contributed by atoms with Gasteiger partial charge in [0, 0.05) is 20.0 Å². The number of carboxylic acids is 1. The summed E-state index contributed by atoms with van der Waals surface area (Å²) in [6.45, 7) is 5.92. The van der Waals surface area contributed by atoms with Crippen LogP contribution in [0.5, 0.6) is 0 Å². The zero-order valence-electron chi connectivity index (χ0n) is 12.2. The molecule has 2 amide bonds. The van der Waals surface area contributed by atoms with Crippen molar-refractivity contribution in [1.29, 1.82) is 0 Å². The van der Waals surface area contributed by atoms with Gasteiger partial charge in [-0.05, 0) is 11.8 Å². The van der Waals surface area contributed by atoms with Crippen molar-refractivity contribution in [1.82, 2.24) is 10.2 Å². The molecule has 0 saturated carbocycles. The molecule has 0 unspecified atom stereocenters. The van der Waals surface area contributed by atoms with Gasteiger partial charge in [-0.15, -0.1) is 0 Å². The van der Waals surface area contributed by atoms with E-state index in [1.807, 2.05) is 6.92 Å². The first kappa shape index (κ1) is 17.4. The molecule has 0 fully saturated rings. The van der Waals surface area contributed by atoms with Gasteiger partial charge in [0.1, 0.15) is 0 Å². The van der Waals surface area contributed by atoms with Crippen molar-refractivity contribution in [3.05, 3.63) is 0 Å². The molecule has 0 aromatic carbocycles. The first-order valence-electron chi connectivity index (χ1n) is 6.42. The molecule has 0 rings (SSSR count). The Bertz CT molecular complexity index is 340. The molecule has 0 bridgehead atoms. The smallest absolute Gasteiger partial charge is 0.303 e. The maximum atomic E-state index is 12.1. The third kappa shape index (κ3) is 7.43. The van der Waals surface area contributed by atoms with Crippen molar-refractivity contribution in [3.8, 4) is 0 Å². The summed E-state index contributed by atoms with van der Waals surface area (Å²) in [6.07, 6.45) is 0.803. The summed E-state index contributed by atoms with van der Waals surface area (Å²) >= 11 is 0. The van der Waals surface area contributed by atoms with E-state index in [1.165, 1.54) is 11.9 Å². The second-order valence-corrected chi connectivity index (χ2v) is 5.40. The Morgan fingerprint density at radius 3 is 2.21 bits per heavy atom. The average molecular weight is 272 g/mol. The van der Waals surface area contributed by atoms with Crippen LogP contribution in [0.15, 0.2) is 0 Å². The summed E-state index contributed by atoms with van der Waals surface area (Å²) in [6, 6.07) is 0. The van der Waals surface area contributed by atoms with Gasteiger partial charge in [0.2, 0.25) is 11.8 Å². The molecular weight excluding hydrogens is 248 g/mol. The number of rotatable bonds is 8. The molecule has 0 atom stereocenters. The molecule has 6 nitrogen and oxygen atoms in total. The van der Waals surface area contributed by atoms with Gasteiger partial charge in [-0.25, -0.2) is 0 Å². The van der Waals surface area contributed by atoms with Crippen molar-refractivity contribution in [2.75, 3.05) is 20.1 Å². The number of amides is 2. The van der Waals surface area contributed by atoms with E-state index < -0.39 is 11.4 Å². The monoisotopic (exact) mass is 272 g/mol. The fraction of sp³-hybridized carbons (Fsp3) is 0.769. The van der Waals surface area contributed by atoms with E-state index in [4.69, 9.17) is 5.11 Å². The van der Waals surface area contributed by atoms with Gasteiger partial charge in [0.25, 0.3) is 0 Å². The minimum atomic E-state index is -0.925. The highest BCUT2D eigenvalue weighted by Gasteiger charge is 2.28. The predicted molar refractivity (Wildman–Crippen MR) is 71.6 cm³/mol. The summed E-state index contributed by atoms with van der Waals surface area (Å²) in [5.74, 6) is -1.33. The first-order chi connectivity index (χ1) is 8.71. The minimum Gasteiger partial charge on any atom is -0.481 e. The number of nitrogens with zero attached hydrogens (tertiary/aromatic N) is 1. The molecule has 0 heterocycles. The molecule has 0 aliphatic rings. The molecule has 0 saturated heterocycles. The van der Waals surface area contributed by atoms with E-state index in [9.17, 15) is 14.4 Å². The summed E-state index contributed by atoms with van der Waals surface area (Å²) in [7, 11) is 1.52. The average Bonchev–Trinajstić information content (AvgIpc) is 2.25. The lowest BCUT2D eigenvalue weighted by Crippen LogP contribution is -2.41. The Hall–Kier alpha value is -1.59. The largest absolute Gasteiger partial charge is 0.481 e. The van der Waals surface area contributed by atoms with E-state index in [2.05, 4.69) is 5.32 Å². The van der Waals surface area contributed by atoms with Crippen LogP contribution in [0.2, 0.25) is 0 Å². The Labute approximate surface area is 114 Å². The van der Waals surface area contributed by atoms with Gasteiger partial charge in [0.15, 0.2) is 0 Å². The van der Waals surface area contributed by atoms with Crippen molar-refractivity contribution in [3.63, 3.8) is 0 Å². The van der Waals surface area contributed by atoms with Crippen LogP contribution in [0.4, 0.5) is 0 Å². The molecule has 0 radical (unpaired) electrons. The van der Waals surface area contributed by atoms with Crippen molar-refractivity contribution >= 4 is 17.8 Å². The van der Waals surface area contributed by atoms with E-state index in [0.717, 1.165) is 6.42 Å². The van der Waals surface area contributed by atoms with Gasteiger partial charge in [-0.2, -0.15) is 0 Å². The molecule has 0 aromatic heterocycles. The van der Waals surface area contributed by atoms with Gasteiger partial charge in [-0.1, -0.05) is 20.8 Å². The zero-order valence-corrected chi connectivity index (χ0v) is 12.2. The highest BCUT2D eigenvalue weighted by atomic mass is 16.4. The summed E-state index contributed by atoms with van der Waals surface area (Å²) in [5.41, 5.74) is -0.613. The van der Waals surface area contributed by atoms with Crippen LogP contribution < -0.4 is 5.32 Å². The zero-order chi connectivity index (χ0) is 15.1. The Kier molecular flexibility index (Phi) is 7.11. The fourth-order valence-electron chi connectivity index (χ4n) is 1.81. The number of nitrogens with one attached hydrogen (secondary N) is 1. The summed E-state index contributed by atoms with van der Waals surface area (Å²) in [4.78, 5) is 35.7. The van der Waals surface area contributed by atoms with Crippen LogP contribution >= 0.6 is 0 Å². The molecule has 2 N–H and O–H groups in total. The van der Waals surface area contributed by atoms with E-state index in [1.54, 1.807) is 13.8 Å². The van der Waals surface area contributed by atoms with E-state index >= 15 is 0 Å². The Morgan fingerprint density at radius 2 is 1.79 bits per heavy atom. The van der Waals surface area contributed by atoms with E-state index in [0.29, 0.717) is 6.54 Å². The van der Waals surface area contributed by atoms with Crippen molar-refractivity contribution in [2.24, 2.45) is 5.41 Å². The number of carbonyl (C=O) groups is 3. The number of carboxylic acid groups (broad SMARTS) is 1. The molecular formula is C13H24N2O4. The number of carbonyl (C=O) groups excluding carboxylic acids is 2. The standard InChI is InChI=1S/C13H24N2O4/c1-5-6-15(9-10(16)14-4)11(17)7-13(2,3)8-12(18)19/h5-9H2,1-4H3,(H,14,16)(H,18,19). The topological polar surface area (TPSA) is 86.7 Å². The lowest BCUT2D eigenvalue weighted by atomic mass is 9.85. The van der Waals surface area contributed by atoms with Crippen LogP contribution in [-0.4, -0.2) is 47.9 Å². The number of hydrogen-bond acceptors (Lipinski definition) is 3. The number of hydrogen-bond donors (Lipinski definition) is 2. The van der Waals surface area contributed by atoms with Crippen molar-refractivity contribution < 1.29 is 19.5 Å². The molecule has 6 heteroatoms. The highest BCUT2D eigenvalue weighted by molar-refractivity contribution is 5.85. The van der Waals surface area contributed by atoms with Crippen LogP contribution in [-0.2, 0) is 14.4 Å². The molecule has 0 spiro atoms. The van der Waals surface area contributed by atoms with Gasteiger partial charge >= 0.3 is 5.97 Å². The van der Waals surface area contributed by atoms with Crippen LogP contribution in [0.1, 0.15) is 40.0 Å². The van der Waals surface area contributed by atoms with E-state index in [-0.39, 0.29) is 31.2 Å². The third-order valence-corrected chi connectivity index (χ3v) is 2.72. The predicted octanol–water partition coefficient (Wildman–Crippen LogP) is 0.862. The SMILES string of the molecule is CCCN(CC(=O)NC)C(=O)CC(C)(C)CC(=O)O. The van der Waals surface area contributed by atoms with Crippen LogP contribution in [0.25, 0.3) is 0 Å². The Balaban J connectivity index is 4.63. The number of likely N-dealkylation sites (N-methyl/N-ethyl adjacent to an activating group) is 1. The van der Waals surface area contributed by atoms with Crippen LogP contribution in [0.3, 0.4) is 0 Å². The minimum absolute atomic E-state index is 0.0202. The molecule has 110 valence electrons. The Morgan fingerprint density at radius 1 is 1.21 bits per heavy atom. The summed E-state index contributed by atoms with van der Waals surface area (Å²) < 4.78 is 0. The molecule has 0 aromatic rings. The normalized spacial score (nSPS) is 10.9. The third-order valence-electron chi connectivity index (χ3n) is 2.72. The van der Waals surface area contributed by atoms with Gasteiger partial charge in [0.05, 0.1) is 13.0 Å². The maximum absolute atomic E-state index is 12.1. The number of aliphatic carboxylic acids is 1. The summed E-state index contributed by atoms with van der Waals surface area (Å²) in [5, 5.41) is 11.3. The van der Waals surface area contributed by atoms with Gasteiger partial charge in [-0.3, -0.25) is 14.4 Å². The maximum Gasteiger partial charge on any atom is 0.303 e. The lowest BCUT2D eigenvalue weighted by molar-refractivity contribution is -0.142. The molecule has 0 aliphatic carbocycles. The molecule has 19 heavy (non-hydrogen) atoms. The quantitative estimate of drug-likeness (QED) is 0.686. The molecule has 0 aliphatic heterocycles.